The van der Waals surface area contributed by atoms with Gasteiger partial charge in [-0.05, 0) is 6.07 Å². The van der Waals surface area contributed by atoms with Crippen LogP contribution >= 0.6 is 22.9 Å². The maximum atomic E-state index is 12.5. The topological polar surface area (TPSA) is 33.2 Å². The Balaban J connectivity index is 2.11. The van der Waals surface area contributed by atoms with E-state index in [1.807, 2.05) is 6.07 Å². The van der Waals surface area contributed by atoms with E-state index in [-0.39, 0.29) is 13.0 Å². The molecule has 0 spiro atoms. The molecule has 8 heteroatoms. The quantitative estimate of drug-likeness (QED) is 0.693. The lowest BCUT2D eigenvalue weighted by Crippen LogP contribution is -2.39. The second kappa shape index (κ2) is 7.81. The summed E-state index contributed by atoms with van der Waals surface area (Å²) in [4.78, 5) is 17.1. The molecule has 2 aromatic rings. The first-order valence-electron chi connectivity index (χ1n) is 6.95. The van der Waals surface area contributed by atoms with Crippen molar-refractivity contribution in [3.05, 3.63) is 53.0 Å². The van der Waals surface area contributed by atoms with E-state index in [1.165, 1.54) is 17.4 Å². The number of rotatable bonds is 6. The molecule has 0 aliphatic carbocycles. The molecule has 0 saturated carbocycles. The van der Waals surface area contributed by atoms with Crippen LogP contribution in [0.2, 0.25) is 5.02 Å². The average molecular weight is 375 g/mol. The largest absolute Gasteiger partial charge is 0.406 e. The van der Waals surface area contributed by atoms with Crippen LogP contribution in [0.3, 0.4) is 0 Å². The highest BCUT2D eigenvalue weighted by Gasteiger charge is 2.32. The highest BCUT2D eigenvalue weighted by atomic mass is 35.5. The minimum Gasteiger partial charge on any atom is -0.330 e. The van der Waals surface area contributed by atoms with Gasteiger partial charge in [0.15, 0.2) is 0 Å². The minimum absolute atomic E-state index is 0.167. The predicted octanol–water partition coefficient (Wildman–Crippen LogP) is 4.58. The zero-order valence-electron chi connectivity index (χ0n) is 12.5. The van der Waals surface area contributed by atoms with Gasteiger partial charge in [-0.25, -0.2) is 4.98 Å². The molecule has 1 aromatic carbocycles. The van der Waals surface area contributed by atoms with Gasteiger partial charge >= 0.3 is 6.18 Å². The van der Waals surface area contributed by atoms with Crippen molar-refractivity contribution >= 4 is 28.8 Å². The van der Waals surface area contributed by atoms with Gasteiger partial charge in [0, 0.05) is 17.5 Å². The second-order valence-electron chi connectivity index (χ2n) is 4.98. The number of nitrogens with zero attached hydrogens (tertiary/aromatic N) is 2. The molecule has 0 aliphatic heterocycles. The molecule has 0 atom stereocenters. The predicted molar refractivity (Wildman–Crippen MR) is 89.1 cm³/mol. The molecule has 1 aromatic heterocycles. The first-order chi connectivity index (χ1) is 11.3. The number of halogens is 4. The standard InChI is InChI=1S/C16H14ClF3N2OS/c1-2-7-22(10-16(18,19)20)14(23)8-11-9-24-15(21-11)12-5-3-4-6-13(12)17/h2-6,9H,1,7-8,10H2. The van der Waals surface area contributed by atoms with Crippen molar-refractivity contribution < 1.29 is 18.0 Å². The summed E-state index contributed by atoms with van der Waals surface area (Å²) in [6, 6.07) is 7.11. The monoisotopic (exact) mass is 374 g/mol. The third kappa shape index (κ3) is 5.07. The average Bonchev–Trinajstić information content (AvgIpc) is 2.94. The molecule has 0 unspecified atom stereocenters. The Bertz CT molecular complexity index is 730. The van der Waals surface area contributed by atoms with Crippen LogP contribution in [0.5, 0.6) is 0 Å². The number of aromatic nitrogens is 1. The van der Waals surface area contributed by atoms with Gasteiger partial charge in [0.05, 0.1) is 17.1 Å². The summed E-state index contributed by atoms with van der Waals surface area (Å²) in [5, 5.41) is 2.79. The maximum Gasteiger partial charge on any atom is 0.406 e. The molecule has 0 bridgehead atoms. The number of hydrogen-bond acceptors (Lipinski definition) is 3. The first-order valence-corrected chi connectivity index (χ1v) is 8.20. The SMILES string of the molecule is C=CCN(CC(F)(F)F)C(=O)Cc1csc(-c2ccccc2Cl)n1. The number of alkyl halides is 3. The molecular formula is C16H14ClF3N2OS. The van der Waals surface area contributed by atoms with Crippen molar-refractivity contribution in [1.29, 1.82) is 0 Å². The van der Waals surface area contributed by atoms with Crippen LogP contribution in [0.25, 0.3) is 10.6 Å². The highest BCUT2D eigenvalue weighted by Crippen LogP contribution is 2.30. The van der Waals surface area contributed by atoms with E-state index in [1.54, 1.807) is 23.6 Å². The number of amides is 1. The van der Waals surface area contributed by atoms with E-state index in [0.29, 0.717) is 20.6 Å². The Morgan fingerprint density at radius 2 is 2.08 bits per heavy atom. The van der Waals surface area contributed by atoms with Crippen LogP contribution < -0.4 is 0 Å². The van der Waals surface area contributed by atoms with Crippen molar-refractivity contribution in [3.8, 4) is 10.6 Å². The number of hydrogen-bond donors (Lipinski definition) is 0. The van der Waals surface area contributed by atoms with Gasteiger partial charge in [0.25, 0.3) is 0 Å². The molecule has 0 saturated heterocycles. The van der Waals surface area contributed by atoms with Crippen LogP contribution in [0.1, 0.15) is 5.69 Å². The van der Waals surface area contributed by atoms with Gasteiger partial charge in [-0.3, -0.25) is 4.79 Å². The molecule has 24 heavy (non-hydrogen) atoms. The van der Waals surface area contributed by atoms with E-state index in [9.17, 15) is 18.0 Å². The van der Waals surface area contributed by atoms with Crippen LogP contribution in [0, 0.1) is 0 Å². The van der Waals surface area contributed by atoms with Crippen LogP contribution in [-0.2, 0) is 11.2 Å². The van der Waals surface area contributed by atoms with E-state index >= 15 is 0 Å². The third-order valence-electron chi connectivity index (χ3n) is 3.06. The van der Waals surface area contributed by atoms with Gasteiger partial charge < -0.3 is 4.90 Å². The molecule has 0 radical (unpaired) electrons. The summed E-state index contributed by atoms with van der Waals surface area (Å²) in [5.74, 6) is -0.650. The Morgan fingerprint density at radius 1 is 1.38 bits per heavy atom. The highest BCUT2D eigenvalue weighted by molar-refractivity contribution is 7.13. The van der Waals surface area contributed by atoms with Crippen molar-refractivity contribution in [1.82, 2.24) is 9.88 Å². The molecule has 3 nitrogen and oxygen atoms in total. The van der Waals surface area contributed by atoms with Gasteiger partial charge in [-0.15, -0.1) is 17.9 Å². The fourth-order valence-corrected chi connectivity index (χ4v) is 3.18. The van der Waals surface area contributed by atoms with Gasteiger partial charge in [-0.1, -0.05) is 35.9 Å². The molecule has 128 valence electrons. The van der Waals surface area contributed by atoms with Crippen molar-refractivity contribution in [2.24, 2.45) is 0 Å². The van der Waals surface area contributed by atoms with E-state index in [2.05, 4.69) is 11.6 Å². The zero-order valence-corrected chi connectivity index (χ0v) is 14.1. The Labute approximate surface area is 146 Å². The molecule has 1 heterocycles. The van der Waals surface area contributed by atoms with Crippen molar-refractivity contribution in [3.63, 3.8) is 0 Å². The minimum atomic E-state index is -4.45. The van der Waals surface area contributed by atoms with E-state index in [0.717, 1.165) is 5.56 Å². The number of benzene rings is 1. The molecule has 1 amide bonds. The summed E-state index contributed by atoms with van der Waals surface area (Å²) >= 11 is 7.38. The Hall–Kier alpha value is -1.86. The normalized spacial score (nSPS) is 11.3. The Kier molecular flexibility index (Phi) is 6.01. The summed E-state index contributed by atoms with van der Waals surface area (Å²) in [6.45, 7) is 1.91. The fraction of sp³-hybridized carbons (Fsp3) is 0.250. The smallest absolute Gasteiger partial charge is 0.330 e. The van der Waals surface area contributed by atoms with E-state index < -0.39 is 18.6 Å². The van der Waals surface area contributed by atoms with Gasteiger partial charge in [0.2, 0.25) is 5.91 Å². The second-order valence-corrected chi connectivity index (χ2v) is 6.24. The van der Waals surface area contributed by atoms with Crippen molar-refractivity contribution in [2.45, 2.75) is 12.6 Å². The molecule has 0 aliphatic rings. The summed E-state index contributed by atoms with van der Waals surface area (Å²) in [6.07, 6.45) is -3.39. The summed E-state index contributed by atoms with van der Waals surface area (Å²) in [5.41, 5.74) is 1.14. The fourth-order valence-electron chi connectivity index (χ4n) is 2.04. The molecule has 2 rings (SSSR count). The van der Waals surface area contributed by atoms with Crippen LogP contribution in [0.4, 0.5) is 13.2 Å². The number of carbonyl (C=O) groups is 1. The van der Waals surface area contributed by atoms with Gasteiger partial charge in [-0.2, -0.15) is 13.2 Å². The number of thiazole rings is 1. The molecular weight excluding hydrogens is 361 g/mol. The first kappa shape index (κ1) is 18.5. The maximum absolute atomic E-state index is 12.5. The van der Waals surface area contributed by atoms with Crippen LogP contribution in [0.15, 0.2) is 42.3 Å². The lowest BCUT2D eigenvalue weighted by molar-refractivity contribution is -0.159. The van der Waals surface area contributed by atoms with Crippen LogP contribution in [-0.4, -0.2) is 35.1 Å². The third-order valence-corrected chi connectivity index (χ3v) is 4.31. The molecule has 0 fully saturated rings. The number of carbonyl (C=O) groups excluding carboxylic acids is 1. The van der Waals surface area contributed by atoms with E-state index in [4.69, 9.17) is 11.6 Å². The van der Waals surface area contributed by atoms with Gasteiger partial charge in [0.1, 0.15) is 11.6 Å². The Morgan fingerprint density at radius 3 is 2.71 bits per heavy atom. The summed E-state index contributed by atoms with van der Waals surface area (Å²) < 4.78 is 37.6. The lowest BCUT2D eigenvalue weighted by atomic mass is 10.2. The summed E-state index contributed by atoms with van der Waals surface area (Å²) in [7, 11) is 0. The zero-order chi connectivity index (χ0) is 17.7. The molecule has 0 N–H and O–H groups in total. The van der Waals surface area contributed by atoms with Crippen molar-refractivity contribution in [2.75, 3.05) is 13.1 Å². The lowest BCUT2D eigenvalue weighted by Gasteiger charge is -2.22.